The van der Waals surface area contributed by atoms with Crippen LogP contribution in [0.5, 0.6) is 5.75 Å². The molecule has 0 bridgehead atoms. The molecular weight excluding hydrogens is 218 g/mol. The number of rotatable bonds is 1. The lowest BCUT2D eigenvalue weighted by Crippen LogP contribution is -1.82. The van der Waals surface area contributed by atoms with Gasteiger partial charge in [0.25, 0.3) is 0 Å². The highest BCUT2D eigenvalue weighted by Crippen LogP contribution is 2.31. The fraction of sp³-hybridized carbons (Fsp3) is 0. The second kappa shape index (κ2) is 3.69. The molecule has 0 saturated carbocycles. The highest BCUT2D eigenvalue weighted by Gasteiger charge is 2.03. The molecule has 0 unspecified atom stereocenters. The van der Waals surface area contributed by atoms with Gasteiger partial charge in [0, 0.05) is 5.02 Å². The van der Waals surface area contributed by atoms with E-state index in [9.17, 15) is 5.11 Å². The molecule has 0 amide bonds. The Labute approximate surface area is 90.8 Å². The Balaban J connectivity index is 2.73. The molecule has 3 N–H and O–H groups in total. The number of aromatic hydroxyl groups is 1. The summed E-state index contributed by atoms with van der Waals surface area (Å²) >= 11 is 6.88. The lowest BCUT2D eigenvalue weighted by atomic mass is 10.1. The first-order valence-electron chi connectivity index (χ1n) is 4.00. The zero-order chi connectivity index (χ0) is 10.1. The fourth-order valence-corrected chi connectivity index (χ4v) is 1.89. The van der Waals surface area contributed by atoms with E-state index in [0.717, 1.165) is 22.7 Å². The lowest BCUT2D eigenvalue weighted by Gasteiger charge is -2.04. The Kier molecular flexibility index (Phi) is 2.54. The quantitative estimate of drug-likeness (QED) is 0.733. The summed E-state index contributed by atoms with van der Waals surface area (Å²) in [7, 11) is 0. The van der Waals surface area contributed by atoms with Crippen LogP contribution in [-0.2, 0) is 0 Å². The summed E-state index contributed by atoms with van der Waals surface area (Å²) in [5.41, 5.74) is 0. The van der Waals surface area contributed by atoms with Crippen LogP contribution in [0.2, 0.25) is 5.02 Å². The first-order chi connectivity index (χ1) is 6.70. The molecular formula is C10H8ClNOS. The van der Waals surface area contributed by atoms with Crippen molar-refractivity contribution in [1.29, 1.82) is 0 Å². The summed E-state index contributed by atoms with van der Waals surface area (Å²) in [4.78, 5) is 0.653. The predicted octanol–water partition coefficient (Wildman–Crippen LogP) is 3.16. The van der Waals surface area contributed by atoms with Crippen LogP contribution in [0, 0.1) is 0 Å². The highest BCUT2D eigenvalue weighted by atomic mass is 35.5. The molecule has 0 atom stereocenters. The molecule has 0 aliphatic heterocycles. The van der Waals surface area contributed by atoms with Crippen LogP contribution in [0.15, 0.2) is 35.2 Å². The van der Waals surface area contributed by atoms with Crippen LogP contribution in [-0.4, -0.2) is 5.11 Å². The van der Waals surface area contributed by atoms with Crippen molar-refractivity contribution in [2.75, 3.05) is 0 Å². The van der Waals surface area contributed by atoms with Crippen molar-refractivity contribution < 1.29 is 5.11 Å². The number of phenols is 1. The van der Waals surface area contributed by atoms with Gasteiger partial charge in [0.05, 0.1) is 4.90 Å². The second-order valence-corrected chi connectivity index (χ2v) is 4.04. The first kappa shape index (κ1) is 9.65. The number of hydrogen-bond donors (Lipinski definition) is 2. The predicted molar refractivity (Wildman–Crippen MR) is 60.7 cm³/mol. The van der Waals surface area contributed by atoms with Gasteiger partial charge in [-0.25, -0.2) is 0 Å². The lowest BCUT2D eigenvalue weighted by molar-refractivity contribution is 0.463. The standard InChI is InChI=1S/C10H8ClNOS/c11-8-2-1-6-4-9(13)10(14-12)5-7(6)3-8/h1-5,13H,12H2. The smallest absolute Gasteiger partial charge is 0.131 e. The summed E-state index contributed by atoms with van der Waals surface area (Å²) < 4.78 is 0. The molecule has 0 saturated heterocycles. The third-order valence-electron chi connectivity index (χ3n) is 2.01. The van der Waals surface area contributed by atoms with Gasteiger partial charge in [-0.15, -0.1) is 0 Å². The monoisotopic (exact) mass is 225 g/mol. The normalized spacial score (nSPS) is 10.7. The maximum atomic E-state index is 9.54. The summed E-state index contributed by atoms with van der Waals surface area (Å²) in [5, 5.41) is 17.5. The molecule has 2 rings (SSSR count). The number of halogens is 1. The van der Waals surface area contributed by atoms with Gasteiger partial charge in [0.1, 0.15) is 5.75 Å². The molecule has 0 aromatic heterocycles. The molecule has 0 aliphatic rings. The molecule has 72 valence electrons. The number of fused-ring (bicyclic) bond motifs is 1. The van der Waals surface area contributed by atoms with E-state index in [2.05, 4.69) is 0 Å². The topological polar surface area (TPSA) is 46.2 Å². The Morgan fingerprint density at radius 3 is 2.64 bits per heavy atom. The number of hydrogen-bond acceptors (Lipinski definition) is 3. The van der Waals surface area contributed by atoms with Gasteiger partial charge in [-0.2, -0.15) is 0 Å². The summed E-state index contributed by atoms with van der Waals surface area (Å²) in [6, 6.07) is 9.00. The maximum Gasteiger partial charge on any atom is 0.131 e. The van der Waals surface area contributed by atoms with Gasteiger partial charge in [-0.3, -0.25) is 5.14 Å². The molecule has 14 heavy (non-hydrogen) atoms. The average molecular weight is 226 g/mol. The van der Waals surface area contributed by atoms with E-state index in [1.165, 1.54) is 0 Å². The number of benzene rings is 2. The van der Waals surface area contributed by atoms with Gasteiger partial charge >= 0.3 is 0 Å². The molecule has 2 aromatic carbocycles. The van der Waals surface area contributed by atoms with E-state index in [-0.39, 0.29) is 5.75 Å². The van der Waals surface area contributed by atoms with Crippen LogP contribution in [0.25, 0.3) is 10.8 Å². The molecule has 0 aliphatic carbocycles. The average Bonchev–Trinajstić information content (AvgIpc) is 2.17. The van der Waals surface area contributed by atoms with Crippen molar-refractivity contribution in [3.05, 3.63) is 35.4 Å². The van der Waals surface area contributed by atoms with Gasteiger partial charge in [-0.1, -0.05) is 17.7 Å². The van der Waals surface area contributed by atoms with Crippen molar-refractivity contribution >= 4 is 34.3 Å². The SMILES string of the molecule is NSc1cc2cc(Cl)ccc2cc1O. The summed E-state index contributed by atoms with van der Waals surface area (Å²) in [6.45, 7) is 0. The van der Waals surface area contributed by atoms with Crippen molar-refractivity contribution in [2.45, 2.75) is 4.90 Å². The largest absolute Gasteiger partial charge is 0.507 e. The Morgan fingerprint density at radius 1 is 1.14 bits per heavy atom. The Bertz CT molecular complexity index is 487. The zero-order valence-electron chi connectivity index (χ0n) is 7.20. The minimum Gasteiger partial charge on any atom is -0.507 e. The van der Waals surface area contributed by atoms with E-state index >= 15 is 0 Å². The van der Waals surface area contributed by atoms with E-state index in [1.54, 1.807) is 12.1 Å². The second-order valence-electron chi connectivity index (χ2n) is 2.93. The highest BCUT2D eigenvalue weighted by molar-refractivity contribution is 7.97. The molecule has 0 radical (unpaired) electrons. The third kappa shape index (κ3) is 1.66. The summed E-state index contributed by atoms with van der Waals surface area (Å²) in [5.74, 6) is 0.201. The molecule has 2 aromatic rings. The van der Waals surface area contributed by atoms with Gasteiger partial charge in [-0.05, 0) is 47.0 Å². The summed E-state index contributed by atoms with van der Waals surface area (Å²) in [6.07, 6.45) is 0. The molecule has 2 nitrogen and oxygen atoms in total. The van der Waals surface area contributed by atoms with E-state index in [1.807, 2.05) is 18.2 Å². The minimum absolute atomic E-state index is 0.201. The third-order valence-corrected chi connectivity index (χ3v) is 2.82. The van der Waals surface area contributed by atoms with Gasteiger partial charge in [0.2, 0.25) is 0 Å². The molecule has 4 heteroatoms. The Morgan fingerprint density at radius 2 is 1.93 bits per heavy atom. The molecule has 0 fully saturated rings. The van der Waals surface area contributed by atoms with E-state index < -0.39 is 0 Å². The molecule has 0 spiro atoms. The number of nitrogens with two attached hydrogens (primary N) is 1. The van der Waals surface area contributed by atoms with Gasteiger partial charge in [0.15, 0.2) is 0 Å². The Hall–Kier alpha value is -0.900. The number of phenolic OH excluding ortho intramolecular Hbond substituents is 1. The first-order valence-corrected chi connectivity index (χ1v) is 5.25. The van der Waals surface area contributed by atoms with Crippen molar-refractivity contribution in [2.24, 2.45) is 5.14 Å². The van der Waals surface area contributed by atoms with Crippen LogP contribution in [0.4, 0.5) is 0 Å². The van der Waals surface area contributed by atoms with E-state index in [0.29, 0.717) is 9.92 Å². The van der Waals surface area contributed by atoms with E-state index in [4.69, 9.17) is 16.7 Å². The van der Waals surface area contributed by atoms with Crippen LogP contribution >= 0.6 is 23.5 Å². The maximum absolute atomic E-state index is 9.54. The minimum atomic E-state index is 0.201. The van der Waals surface area contributed by atoms with Crippen molar-refractivity contribution in [3.8, 4) is 5.75 Å². The van der Waals surface area contributed by atoms with Crippen molar-refractivity contribution in [1.82, 2.24) is 0 Å². The van der Waals surface area contributed by atoms with Crippen molar-refractivity contribution in [3.63, 3.8) is 0 Å². The van der Waals surface area contributed by atoms with Crippen LogP contribution in [0.3, 0.4) is 0 Å². The van der Waals surface area contributed by atoms with Gasteiger partial charge < -0.3 is 5.11 Å². The van der Waals surface area contributed by atoms with Crippen LogP contribution in [0.1, 0.15) is 0 Å². The molecule has 0 heterocycles. The fourth-order valence-electron chi connectivity index (χ4n) is 1.33. The van der Waals surface area contributed by atoms with Crippen LogP contribution < -0.4 is 5.14 Å². The zero-order valence-corrected chi connectivity index (χ0v) is 8.77.